The average molecular weight is 270 g/mol. The van der Waals surface area contributed by atoms with Crippen molar-refractivity contribution in [3.8, 4) is 5.75 Å². The van der Waals surface area contributed by atoms with Crippen LogP contribution in [-0.4, -0.2) is 11.1 Å². The molecule has 5 heteroatoms. The Hall–Kier alpha value is -0.183. The van der Waals surface area contributed by atoms with Crippen molar-refractivity contribution in [3.05, 3.63) is 27.3 Å². The van der Waals surface area contributed by atoms with Gasteiger partial charge in [0.25, 0.3) is 0 Å². The van der Waals surface area contributed by atoms with Crippen molar-refractivity contribution >= 4 is 28.6 Å². The van der Waals surface area contributed by atoms with Crippen LogP contribution in [0, 0.1) is 3.57 Å². The van der Waals surface area contributed by atoms with Crippen molar-refractivity contribution in [3.63, 3.8) is 0 Å². The Labute approximate surface area is 95.1 Å². The van der Waals surface area contributed by atoms with Gasteiger partial charge in [-0.25, -0.2) is 0 Å². The van der Waals surface area contributed by atoms with Crippen molar-refractivity contribution < 1.29 is 33.9 Å². The largest absolute Gasteiger partial charge is 1.00 e. The van der Waals surface area contributed by atoms with Gasteiger partial charge in [-0.05, 0) is 34.7 Å². The Morgan fingerprint density at radius 2 is 2.08 bits per heavy atom. The van der Waals surface area contributed by atoms with Crippen LogP contribution in [0.25, 0.3) is 0 Å². The second kappa shape index (κ2) is 4.75. The van der Waals surface area contributed by atoms with Crippen LogP contribution in [0.5, 0.6) is 5.75 Å². The standard InChI is InChI=1S/C7H5IO3.Li/c8-5-3-1-2-4(6(5)9)7(10)11;/h1-3,9H,(H,10,11);/q;+1/p-1. The molecule has 0 aliphatic rings. The fraction of sp³-hybridized carbons (Fsp3) is 0. The number of carboxylic acid groups (broad SMARTS) is 1. The molecule has 0 saturated carbocycles. The Balaban J connectivity index is 0.00000121. The molecule has 0 amide bonds. The summed E-state index contributed by atoms with van der Waals surface area (Å²) < 4.78 is 0.504. The smallest absolute Gasteiger partial charge is 0.545 e. The molecule has 58 valence electrons. The van der Waals surface area contributed by atoms with Crippen LogP contribution in [0.4, 0.5) is 0 Å². The van der Waals surface area contributed by atoms with Crippen molar-refractivity contribution in [1.82, 2.24) is 0 Å². The Bertz CT molecular complexity index is 301. The summed E-state index contributed by atoms with van der Waals surface area (Å²) in [5, 5.41) is 19.4. The molecule has 0 aliphatic heterocycles. The van der Waals surface area contributed by atoms with Gasteiger partial charge in [0.05, 0.1) is 9.54 Å². The maximum Gasteiger partial charge on any atom is 1.00 e. The van der Waals surface area contributed by atoms with Gasteiger partial charge in [-0.2, -0.15) is 0 Å². The molecule has 0 heterocycles. The summed E-state index contributed by atoms with van der Waals surface area (Å²) in [4.78, 5) is 10.3. The number of benzene rings is 1. The van der Waals surface area contributed by atoms with E-state index in [0.717, 1.165) is 0 Å². The SMILES string of the molecule is O=C([O-])c1cccc(I)c1O.[Li+]. The predicted octanol–water partition coefficient (Wildman–Crippen LogP) is -2.64. The van der Waals surface area contributed by atoms with Crippen LogP contribution in [0.15, 0.2) is 18.2 Å². The van der Waals surface area contributed by atoms with E-state index in [0.29, 0.717) is 3.57 Å². The number of halogens is 1. The normalized spacial score (nSPS) is 8.75. The molecule has 0 unspecified atom stereocenters. The summed E-state index contributed by atoms with van der Waals surface area (Å²) >= 11 is 1.84. The van der Waals surface area contributed by atoms with Gasteiger partial charge in [-0.1, -0.05) is 6.07 Å². The number of hydrogen-bond acceptors (Lipinski definition) is 3. The van der Waals surface area contributed by atoms with Crippen LogP contribution >= 0.6 is 22.6 Å². The molecular weight excluding hydrogens is 266 g/mol. The number of carboxylic acids is 1. The van der Waals surface area contributed by atoms with E-state index in [9.17, 15) is 9.90 Å². The molecule has 1 aromatic carbocycles. The minimum atomic E-state index is -1.36. The molecule has 0 radical (unpaired) electrons. The number of phenols is 1. The van der Waals surface area contributed by atoms with Crippen molar-refractivity contribution in [2.75, 3.05) is 0 Å². The molecule has 0 fully saturated rings. The molecule has 0 aliphatic carbocycles. The molecule has 0 aromatic heterocycles. The second-order valence-electron chi connectivity index (χ2n) is 1.92. The third-order valence-electron chi connectivity index (χ3n) is 1.21. The van der Waals surface area contributed by atoms with Gasteiger partial charge in [0, 0.05) is 5.56 Å². The van der Waals surface area contributed by atoms with E-state index < -0.39 is 5.97 Å². The van der Waals surface area contributed by atoms with E-state index in [-0.39, 0.29) is 30.2 Å². The first-order chi connectivity index (χ1) is 5.13. The molecule has 12 heavy (non-hydrogen) atoms. The molecule has 1 N–H and O–H groups in total. The van der Waals surface area contributed by atoms with Crippen LogP contribution in [0.3, 0.4) is 0 Å². The van der Waals surface area contributed by atoms with Gasteiger partial charge < -0.3 is 15.0 Å². The zero-order valence-corrected chi connectivity index (χ0v) is 8.53. The van der Waals surface area contributed by atoms with E-state index in [1.165, 1.54) is 6.07 Å². The number of carbonyl (C=O) groups excluding carboxylic acids is 1. The predicted molar refractivity (Wildman–Crippen MR) is 45.2 cm³/mol. The minimum absolute atomic E-state index is 0. The topological polar surface area (TPSA) is 60.4 Å². The molecule has 3 nitrogen and oxygen atoms in total. The molecule has 0 atom stereocenters. The molecular formula is C7H4ILiO3. The zero-order valence-electron chi connectivity index (χ0n) is 6.37. The summed E-state index contributed by atoms with van der Waals surface area (Å²) in [5.41, 5.74) is -0.170. The fourth-order valence-electron chi connectivity index (χ4n) is 0.680. The van der Waals surface area contributed by atoms with Crippen molar-refractivity contribution in [2.45, 2.75) is 0 Å². The Morgan fingerprint density at radius 3 is 2.50 bits per heavy atom. The monoisotopic (exact) mass is 270 g/mol. The number of aromatic carboxylic acids is 1. The summed E-state index contributed by atoms with van der Waals surface area (Å²) in [6.07, 6.45) is 0. The van der Waals surface area contributed by atoms with Crippen molar-refractivity contribution in [1.29, 1.82) is 0 Å². The van der Waals surface area contributed by atoms with Gasteiger partial charge in [0.2, 0.25) is 0 Å². The molecule has 0 saturated heterocycles. The number of rotatable bonds is 1. The first-order valence-electron chi connectivity index (χ1n) is 2.81. The van der Waals surface area contributed by atoms with Crippen LogP contribution in [-0.2, 0) is 0 Å². The van der Waals surface area contributed by atoms with Gasteiger partial charge in [0.15, 0.2) is 0 Å². The quantitative estimate of drug-likeness (QED) is 0.448. The maximum atomic E-state index is 10.3. The van der Waals surface area contributed by atoms with Gasteiger partial charge >= 0.3 is 18.9 Å². The second-order valence-corrected chi connectivity index (χ2v) is 3.09. The van der Waals surface area contributed by atoms with E-state index in [1.54, 1.807) is 12.1 Å². The van der Waals surface area contributed by atoms with E-state index in [2.05, 4.69) is 0 Å². The Morgan fingerprint density at radius 1 is 1.50 bits per heavy atom. The fourth-order valence-corrected chi connectivity index (χ4v) is 1.18. The maximum absolute atomic E-state index is 10.3. The average Bonchev–Trinajstić information content (AvgIpc) is 1.94. The Kier molecular flexibility index (Phi) is 4.68. The van der Waals surface area contributed by atoms with E-state index in [1.807, 2.05) is 22.6 Å². The number of carbonyl (C=O) groups is 1. The summed E-state index contributed by atoms with van der Waals surface area (Å²) in [7, 11) is 0. The van der Waals surface area contributed by atoms with Crippen LogP contribution in [0.1, 0.15) is 10.4 Å². The zero-order chi connectivity index (χ0) is 8.43. The third-order valence-corrected chi connectivity index (χ3v) is 2.08. The van der Waals surface area contributed by atoms with Gasteiger partial charge in [-0.15, -0.1) is 0 Å². The summed E-state index contributed by atoms with van der Waals surface area (Å²) in [5.74, 6) is -1.59. The molecule has 0 bridgehead atoms. The van der Waals surface area contributed by atoms with Gasteiger partial charge in [0.1, 0.15) is 5.75 Å². The number of para-hydroxylation sites is 1. The third kappa shape index (κ3) is 2.40. The van der Waals surface area contributed by atoms with Crippen molar-refractivity contribution in [2.24, 2.45) is 0 Å². The van der Waals surface area contributed by atoms with Crippen LogP contribution < -0.4 is 24.0 Å². The van der Waals surface area contributed by atoms with E-state index >= 15 is 0 Å². The number of hydrogen-bond donors (Lipinski definition) is 1. The number of aromatic hydroxyl groups is 1. The summed E-state index contributed by atoms with van der Waals surface area (Å²) in [6.45, 7) is 0. The van der Waals surface area contributed by atoms with E-state index in [4.69, 9.17) is 5.11 Å². The van der Waals surface area contributed by atoms with Gasteiger partial charge in [-0.3, -0.25) is 0 Å². The first-order valence-corrected chi connectivity index (χ1v) is 3.89. The molecule has 1 aromatic rings. The minimum Gasteiger partial charge on any atom is -0.545 e. The molecule has 0 spiro atoms. The molecule has 1 rings (SSSR count). The summed E-state index contributed by atoms with van der Waals surface area (Å²) in [6, 6.07) is 4.46. The van der Waals surface area contributed by atoms with Crippen LogP contribution in [0.2, 0.25) is 0 Å². The first kappa shape index (κ1) is 11.8.